The predicted octanol–water partition coefficient (Wildman–Crippen LogP) is 4.01. The molecule has 0 bridgehead atoms. The fourth-order valence-electron chi connectivity index (χ4n) is 1.59. The maximum absolute atomic E-state index is 9.33. The third kappa shape index (κ3) is 2.86. The Morgan fingerprint density at radius 2 is 2.06 bits per heavy atom. The van der Waals surface area contributed by atoms with Crippen LogP contribution in [0.5, 0.6) is 5.75 Å². The summed E-state index contributed by atoms with van der Waals surface area (Å²) in [5.74, 6) is 0.0796. The number of aromatic nitrogens is 1. The van der Waals surface area contributed by atoms with Crippen molar-refractivity contribution in [2.45, 2.75) is 13.5 Å². The lowest BCUT2D eigenvalue weighted by Gasteiger charge is -2.11. The molecular weight excluding hydrogens is 271 g/mol. The van der Waals surface area contributed by atoms with Crippen molar-refractivity contribution in [3.8, 4) is 5.75 Å². The van der Waals surface area contributed by atoms with Gasteiger partial charge < -0.3 is 10.4 Å². The average molecular weight is 283 g/mol. The van der Waals surface area contributed by atoms with E-state index in [0.717, 1.165) is 16.8 Å². The van der Waals surface area contributed by atoms with Crippen molar-refractivity contribution < 1.29 is 5.11 Å². The van der Waals surface area contributed by atoms with Gasteiger partial charge in [0.15, 0.2) is 5.15 Å². The number of aromatic hydroxyl groups is 1. The van der Waals surface area contributed by atoms with Crippen LogP contribution in [0.1, 0.15) is 11.1 Å². The first-order valence-corrected chi connectivity index (χ1v) is 6.16. The Labute approximate surface area is 115 Å². The van der Waals surface area contributed by atoms with Gasteiger partial charge in [-0.25, -0.2) is 4.98 Å². The van der Waals surface area contributed by atoms with Crippen LogP contribution in [0.15, 0.2) is 30.5 Å². The highest BCUT2D eigenvalue weighted by Gasteiger charge is 2.05. The zero-order valence-electron chi connectivity index (χ0n) is 9.74. The second-order valence-corrected chi connectivity index (χ2v) is 4.70. The zero-order chi connectivity index (χ0) is 13.1. The number of rotatable bonds is 3. The molecule has 2 aromatic rings. The first kappa shape index (κ1) is 13.0. The number of benzene rings is 1. The normalized spacial score (nSPS) is 10.4. The predicted molar refractivity (Wildman–Crippen MR) is 74.4 cm³/mol. The zero-order valence-corrected chi connectivity index (χ0v) is 11.3. The standard InChI is InChI=1S/C13H12Cl2N2O/c1-8-4-5-16-13(15)12(8)17-7-9-2-3-11(18)10(14)6-9/h2-6,17-18H,7H2,1H3. The summed E-state index contributed by atoms with van der Waals surface area (Å²) in [5.41, 5.74) is 2.79. The van der Waals surface area contributed by atoms with Crippen LogP contribution in [0.4, 0.5) is 5.69 Å². The van der Waals surface area contributed by atoms with Crippen molar-refractivity contribution in [1.29, 1.82) is 0 Å². The number of phenols is 1. The molecule has 1 heterocycles. The lowest BCUT2D eigenvalue weighted by Crippen LogP contribution is -2.02. The minimum atomic E-state index is 0.0796. The highest BCUT2D eigenvalue weighted by Crippen LogP contribution is 2.26. The topological polar surface area (TPSA) is 45.2 Å². The van der Waals surface area contributed by atoms with E-state index in [-0.39, 0.29) is 5.75 Å². The third-order valence-electron chi connectivity index (χ3n) is 2.59. The van der Waals surface area contributed by atoms with Gasteiger partial charge in [-0.2, -0.15) is 0 Å². The number of nitrogens with one attached hydrogen (secondary N) is 1. The lowest BCUT2D eigenvalue weighted by molar-refractivity contribution is 0.475. The average Bonchev–Trinajstić information content (AvgIpc) is 2.33. The van der Waals surface area contributed by atoms with Crippen LogP contribution < -0.4 is 5.32 Å². The molecule has 5 heteroatoms. The Kier molecular flexibility index (Phi) is 3.94. The molecule has 2 N–H and O–H groups in total. The third-order valence-corrected chi connectivity index (χ3v) is 3.18. The molecule has 1 aromatic carbocycles. The van der Waals surface area contributed by atoms with Crippen LogP contribution in [0.3, 0.4) is 0 Å². The molecule has 1 aromatic heterocycles. The van der Waals surface area contributed by atoms with Crippen LogP contribution in [0.25, 0.3) is 0 Å². The molecular formula is C13H12Cl2N2O. The number of halogens is 2. The van der Waals surface area contributed by atoms with Crippen molar-refractivity contribution in [3.05, 3.63) is 51.8 Å². The van der Waals surface area contributed by atoms with Gasteiger partial charge in [-0.1, -0.05) is 29.3 Å². The van der Waals surface area contributed by atoms with Gasteiger partial charge in [-0.3, -0.25) is 0 Å². The molecule has 0 unspecified atom stereocenters. The minimum Gasteiger partial charge on any atom is -0.506 e. The second-order valence-electron chi connectivity index (χ2n) is 3.93. The summed E-state index contributed by atoms with van der Waals surface area (Å²) in [5, 5.41) is 13.3. The number of pyridine rings is 1. The number of hydrogen-bond donors (Lipinski definition) is 2. The summed E-state index contributed by atoms with van der Waals surface area (Å²) in [6.07, 6.45) is 1.67. The van der Waals surface area contributed by atoms with Gasteiger partial charge in [0.2, 0.25) is 0 Å². The van der Waals surface area contributed by atoms with Gasteiger partial charge in [-0.05, 0) is 36.2 Å². The van der Waals surface area contributed by atoms with Gasteiger partial charge >= 0.3 is 0 Å². The van der Waals surface area contributed by atoms with Gasteiger partial charge in [-0.15, -0.1) is 0 Å². The summed E-state index contributed by atoms with van der Waals surface area (Å²) >= 11 is 11.9. The molecule has 18 heavy (non-hydrogen) atoms. The molecule has 94 valence electrons. The quantitative estimate of drug-likeness (QED) is 0.836. The first-order chi connectivity index (χ1) is 8.58. The van der Waals surface area contributed by atoms with Crippen molar-refractivity contribution >= 4 is 28.9 Å². The van der Waals surface area contributed by atoms with E-state index >= 15 is 0 Å². The molecule has 0 amide bonds. The molecule has 0 radical (unpaired) electrons. The molecule has 0 saturated heterocycles. The summed E-state index contributed by atoms with van der Waals surface area (Å²) in [6, 6.07) is 6.96. The molecule has 0 spiro atoms. The molecule has 0 saturated carbocycles. The monoisotopic (exact) mass is 282 g/mol. The van der Waals surface area contributed by atoms with Crippen LogP contribution in [0, 0.1) is 6.92 Å². The number of hydrogen-bond acceptors (Lipinski definition) is 3. The molecule has 0 aliphatic carbocycles. The molecule has 0 aliphatic rings. The minimum absolute atomic E-state index is 0.0796. The van der Waals surface area contributed by atoms with Gasteiger partial charge in [0.1, 0.15) is 5.75 Å². The van der Waals surface area contributed by atoms with Gasteiger partial charge in [0, 0.05) is 12.7 Å². The Morgan fingerprint density at radius 3 is 2.72 bits per heavy atom. The number of phenolic OH excluding ortho intramolecular Hbond substituents is 1. The Hall–Kier alpha value is -1.45. The van der Waals surface area contributed by atoms with E-state index in [0.29, 0.717) is 16.7 Å². The van der Waals surface area contributed by atoms with E-state index in [1.807, 2.05) is 13.0 Å². The van der Waals surface area contributed by atoms with Crippen LogP contribution in [-0.4, -0.2) is 10.1 Å². The molecule has 0 fully saturated rings. The number of aryl methyl sites for hydroxylation is 1. The van der Waals surface area contributed by atoms with E-state index in [9.17, 15) is 5.11 Å². The maximum atomic E-state index is 9.33. The highest BCUT2D eigenvalue weighted by molar-refractivity contribution is 6.32. The van der Waals surface area contributed by atoms with E-state index in [4.69, 9.17) is 23.2 Å². The van der Waals surface area contributed by atoms with Crippen molar-refractivity contribution in [1.82, 2.24) is 4.98 Å². The van der Waals surface area contributed by atoms with Crippen LogP contribution in [0.2, 0.25) is 10.2 Å². The van der Waals surface area contributed by atoms with E-state index in [2.05, 4.69) is 10.3 Å². The summed E-state index contributed by atoms with van der Waals surface area (Å²) in [4.78, 5) is 4.02. The Balaban J connectivity index is 2.14. The second kappa shape index (κ2) is 5.46. The van der Waals surface area contributed by atoms with Crippen molar-refractivity contribution in [2.75, 3.05) is 5.32 Å². The molecule has 2 rings (SSSR count). The summed E-state index contributed by atoms with van der Waals surface area (Å²) in [7, 11) is 0. The molecule has 3 nitrogen and oxygen atoms in total. The lowest BCUT2D eigenvalue weighted by atomic mass is 10.2. The fraction of sp³-hybridized carbons (Fsp3) is 0.154. The van der Waals surface area contributed by atoms with E-state index < -0.39 is 0 Å². The smallest absolute Gasteiger partial charge is 0.152 e. The molecule has 0 atom stereocenters. The van der Waals surface area contributed by atoms with Gasteiger partial charge in [0.25, 0.3) is 0 Å². The van der Waals surface area contributed by atoms with E-state index in [1.54, 1.807) is 24.4 Å². The Morgan fingerprint density at radius 1 is 1.28 bits per heavy atom. The van der Waals surface area contributed by atoms with Crippen LogP contribution in [-0.2, 0) is 6.54 Å². The van der Waals surface area contributed by atoms with Crippen molar-refractivity contribution in [2.24, 2.45) is 0 Å². The summed E-state index contributed by atoms with van der Waals surface area (Å²) in [6.45, 7) is 2.52. The van der Waals surface area contributed by atoms with Crippen LogP contribution >= 0.6 is 23.2 Å². The number of anilines is 1. The molecule has 0 aliphatic heterocycles. The first-order valence-electron chi connectivity index (χ1n) is 5.40. The van der Waals surface area contributed by atoms with Crippen molar-refractivity contribution in [3.63, 3.8) is 0 Å². The Bertz CT molecular complexity index is 553. The summed E-state index contributed by atoms with van der Waals surface area (Å²) < 4.78 is 0. The largest absolute Gasteiger partial charge is 0.506 e. The highest BCUT2D eigenvalue weighted by atomic mass is 35.5. The number of nitrogens with zero attached hydrogens (tertiary/aromatic N) is 1. The van der Waals surface area contributed by atoms with Gasteiger partial charge in [0.05, 0.1) is 10.7 Å². The van der Waals surface area contributed by atoms with E-state index in [1.165, 1.54) is 0 Å². The maximum Gasteiger partial charge on any atom is 0.152 e. The SMILES string of the molecule is Cc1ccnc(Cl)c1NCc1ccc(O)c(Cl)c1. The fourth-order valence-corrected chi connectivity index (χ4v) is 2.06.